The average molecular weight is 312 g/mol. The van der Waals surface area contributed by atoms with Crippen LogP contribution < -0.4 is 10.2 Å². The summed E-state index contributed by atoms with van der Waals surface area (Å²) in [7, 11) is 0. The van der Waals surface area contributed by atoms with Crippen LogP contribution in [0.1, 0.15) is 13.8 Å². The maximum atomic E-state index is 8.93. The zero-order valence-corrected chi connectivity index (χ0v) is 13.2. The van der Waals surface area contributed by atoms with Gasteiger partial charge in [-0.25, -0.2) is 0 Å². The molecule has 2 rings (SSSR count). The summed E-state index contributed by atoms with van der Waals surface area (Å²) in [5, 5.41) is 20.5. The van der Waals surface area contributed by atoms with Gasteiger partial charge in [-0.05, 0) is 0 Å². The van der Waals surface area contributed by atoms with Gasteiger partial charge in [0.15, 0.2) is 0 Å². The number of hydrogen-bond donors (Lipinski definition) is 0. The molecule has 0 unspecified atom stereocenters. The zero-order valence-electron chi connectivity index (χ0n) is 10.8. The average Bonchev–Trinajstić information content (AvgIpc) is 2.67. The Kier molecular flexibility index (Phi) is 20.1. The summed E-state index contributed by atoms with van der Waals surface area (Å²) in [4.78, 5) is 0. The molecule has 0 radical (unpaired) electrons. The van der Waals surface area contributed by atoms with E-state index in [0.717, 1.165) is 0 Å². The summed E-state index contributed by atoms with van der Waals surface area (Å²) in [6.45, 7) is 3.14. The van der Waals surface area contributed by atoms with Crippen molar-refractivity contribution in [3.05, 3.63) is 49.9 Å². The Labute approximate surface area is 124 Å². The molecule has 3 heteroatoms. The SMILES string of the molecule is CC[O-].CC[O-].[CH3-].[Zr+4].c1ccc2[cH-]ccc2c1. The van der Waals surface area contributed by atoms with Crippen LogP contribution in [-0.4, -0.2) is 13.2 Å². The third-order valence-electron chi connectivity index (χ3n) is 1.55. The van der Waals surface area contributed by atoms with Crippen molar-refractivity contribution < 1.29 is 36.4 Å². The van der Waals surface area contributed by atoms with Gasteiger partial charge in [-0.1, -0.05) is 19.9 Å². The summed E-state index contributed by atoms with van der Waals surface area (Å²) < 4.78 is 0. The van der Waals surface area contributed by atoms with Crippen molar-refractivity contribution in [2.45, 2.75) is 13.8 Å². The molecule has 0 saturated carbocycles. The minimum atomic E-state index is 0. The van der Waals surface area contributed by atoms with Gasteiger partial charge in [0.05, 0.1) is 0 Å². The fourth-order valence-electron chi connectivity index (χ4n) is 1.07. The van der Waals surface area contributed by atoms with Crippen molar-refractivity contribution in [1.29, 1.82) is 0 Å². The maximum absolute atomic E-state index is 8.93. The Morgan fingerprint density at radius 2 is 1.47 bits per heavy atom. The summed E-state index contributed by atoms with van der Waals surface area (Å²) in [6.07, 6.45) is 0. The van der Waals surface area contributed by atoms with E-state index in [1.807, 2.05) is 0 Å². The first-order valence-corrected chi connectivity index (χ1v) is 5.06. The van der Waals surface area contributed by atoms with Gasteiger partial charge >= 0.3 is 26.2 Å². The van der Waals surface area contributed by atoms with Crippen LogP contribution in [-0.2, 0) is 26.2 Å². The summed E-state index contributed by atoms with van der Waals surface area (Å²) in [5.41, 5.74) is 0. The molecule has 0 N–H and O–H groups in total. The van der Waals surface area contributed by atoms with Crippen molar-refractivity contribution in [3.8, 4) is 0 Å². The van der Waals surface area contributed by atoms with Crippen LogP contribution in [0.15, 0.2) is 42.5 Å². The molecule has 0 bridgehead atoms. The Bertz CT molecular complexity index is 312. The predicted molar refractivity (Wildman–Crippen MR) is 67.0 cm³/mol. The van der Waals surface area contributed by atoms with E-state index < -0.39 is 0 Å². The minimum absolute atomic E-state index is 0. The van der Waals surface area contributed by atoms with Crippen molar-refractivity contribution in [2.75, 3.05) is 13.2 Å². The summed E-state index contributed by atoms with van der Waals surface area (Å²) in [6, 6.07) is 14.7. The van der Waals surface area contributed by atoms with Crippen molar-refractivity contribution >= 4 is 10.8 Å². The summed E-state index contributed by atoms with van der Waals surface area (Å²) >= 11 is 0. The van der Waals surface area contributed by atoms with Crippen LogP contribution in [0.25, 0.3) is 10.8 Å². The molecular formula is C14H20O2Zr. The van der Waals surface area contributed by atoms with Crippen LogP contribution in [0.5, 0.6) is 0 Å². The Morgan fingerprint density at radius 3 is 1.94 bits per heavy atom. The topological polar surface area (TPSA) is 46.1 Å². The monoisotopic (exact) mass is 310 g/mol. The fourth-order valence-corrected chi connectivity index (χ4v) is 1.07. The van der Waals surface area contributed by atoms with Gasteiger partial charge in [0.2, 0.25) is 0 Å². The van der Waals surface area contributed by atoms with E-state index in [9.17, 15) is 0 Å². The maximum Gasteiger partial charge on any atom is 4.00 e. The van der Waals surface area contributed by atoms with Crippen molar-refractivity contribution in [3.63, 3.8) is 0 Å². The van der Waals surface area contributed by atoms with Gasteiger partial charge in [0.25, 0.3) is 0 Å². The standard InChI is InChI=1S/C9H7.2C2H5O.CH3.Zr/c1-2-5-9-7-3-6-8(9)4-1;2*1-2-3;;/h1-7H;2*2H2,1H3;1H3;/q4*-1;+4. The van der Waals surface area contributed by atoms with Crippen LogP contribution in [0.4, 0.5) is 0 Å². The van der Waals surface area contributed by atoms with Gasteiger partial charge < -0.3 is 17.6 Å². The van der Waals surface area contributed by atoms with Gasteiger partial charge in [-0.3, -0.25) is 0 Å². The molecule has 0 atom stereocenters. The second kappa shape index (κ2) is 15.6. The van der Waals surface area contributed by atoms with Crippen LogP contribution in [0.2, 0.25) is 0 Å². The van der Waals surface area contributed by atoms with E-state index in [2.05, 4.69) is 42.5 Å². The van der Waals surface area contributed by atoms with E-state index in [1.165, 1.54) is 10.8 Å². The molecule has 0 saturated heterocycles. The smallest absolute Gasteiger partial charge is 0.855 e. The molecule has 0 heterocycles. The summed E-state index contributed by atoms with van der Waals surface area (Å²) in [5.74, 6) is 0. The van der Waals surface area contributed by atoms with Crippen LogP contribution >= 0.6 is 0 Å². The first-order chi connectivity index (χ1) is 7.29. The molecule has 0 amide bonds. The molecule has 0 aliphatic carbocycles. The Balaban J connectivity index is -0.000000215. The predicted octanol–water partition coefficient (Wildman–Crippen LogP) is 1.74. The van der Waals surface area contributed by atoms with Crippen LogP contribution in [0.3, 0.4) is 0 Å². The van der Waals surface area contributed by atoms with Crippen molar-refractivity contribution in [2.24, 2.45) is 0 Å². The molecule has 92 valence electrons. The van der Waals surface area contributed by atoms with Gasteiger partial charge in [0, 0.05) is 0 Å². The molecule has 0 aromatic heterocycles. The second-order valence-corrected chi connectivity index (χ2v) is 2.73. The first-order valence-electron chi connectivity index (χ1n) is 5.06. The number of rotatable bonds is 0. The second-order valence-electron chi connectivity index (χ2n) is 2.73. The third kappa shape index (κ3) is 10.5. The fraction of sp³-hybridized carbons (Fsp3) is 0.286. The molecule has 0 spiro atoms. The largest absolute Gasteiger partial charge is 4.00 e. The normalized spacial score (nSPS) is 7.53. The number of hydrogen-bond acceptors (Lipinski definition) is 2. The molecule has 2 aromatic rings. The molecule has 2 aromatic carbocycles. The van der Waals surface area contributed by atoms with Gasteiger partial charge in [-0.15, -0.1) is 42.9 Å². The van der Waals surface area contributed by atoms with E-state index in [-0.39, 0.29) is 46.8 Å². The molecule has 2 nitrogen and oxygen atoms in total. The van der Waals surface area contributed by atoms with E-state index in [4.69, 9.17) is 10.2 Å². The van der Waals surface area contributed by atoms with Crippen LogP contribution in [0, 0.1) is 7.43 Å². The molecular weight excluding hydrogens is 291 g/mol. The first kappa shape index (κ1) is 21.9. The Morgan fingerprint density at radius 1 is 1.00 bits per heavy atom. The Hall–Kier alpha value is -0.367. The van der Waals surface area contributed by atoms with E-state index in [0.29, 0.717) is 0 Å². The number of benzene rings is 1. The molecule has 17 heavy (non-hydrogen) atoms. The third-order valence-corrected chi connectivity index (χ3v) is 1.55. The van der Waals surface area contributed by atoms with E-state index >= 15 is 0 Å². The molecule has 0 fully saturated rings. The molecule has 0 aliphatic heterocycles. The van der Waals surface area contributed by atoms with Gasteiger partial charge in [0.1, 0.15) is 0 Å². The molecule has 0 aliphatic rings. The minimum Gasteiger partial charge on any atom is -0.855 e. The van der Waals surface area contributed by atoms with Crippen molar-refractivity contribution in [1.82, 2.24) is 0 Å². The zero-order chi connectivity index (χ0) is 11.5. The number of fused-ring (bicyclic) bond motifs is 1. The quantitative estimate of drug-likeness (QED) is 0.696. The van der Waals surface area contributed by atoms with E-state index in [1.54, 1.807) is 13.8 Å². The van der Waals surface area contributed by atoms with Gasteiger partial charge in [-0.2, -0.15) is 17.5 Å².